The Labute approximate surface area is 117 Å². The van der Waals surface area contributed by atoms with Crippen LogP contribution in [0.1, 0.15) is 30.5 Å². The zero-order valence-electron chi connectivity index (χ0n) is 11.1. The molecule has 1 aromatic rings. The van der Waals surface area contributed by atoms with Crippen molar-refractivity contribution in [1.82, 2.24) is 14.9 Å². The van der Waals surface area contributed by atoms with Crippen molar-refractivity contribution in [3.63, 3.8) is 0 Å². The van der Waals surface area contributed by atoms with Crippen LogP contribution in [0.3, 0.4) is 0 Å². The van der Waals surface area contributed by atoms with Gasteiger partial charge >= 0.3 is 0 Å². The maximum atomic E-state index is 5.94. The van der Waals surface area contributed by atoms with Gasteiger partial charge < -0.3 is 14.5 Å². The average Bonchev–Trinajstić information content (AvgIpc) is 2.85. The third-order valence-corrected chi connectivity index (χ3v) is 4.02. The van der Waals surface area contributed by atoms with Gasteiger partial charge in [0.05, 0.1) is 13.2 Å². The molecule has 3 rings (SSSR count). The van der Waals surface area contributed by atoms with Gasteiger partial charge in [0.1, 0.15) is 16.6 Å². The summed E-state index contributed by atoms with van der Waals surface area (Å²) < 4.78 is 11.7. The Hall–Kier alpha value is -0.820. The molecule has 2 unspecified atom stereocenters. The Bertz CT molecular complexity index is 505. The fourth-order valence-corrected chi connectivity index (χ4v) is 3.14. The third kappa shape index (κ3) is 2.86. The van der Waals surface area contributed by atoms with Gasteiger partial charge in [0.2, 0.25) is 0 Å². The van der Waals surface area contributed by atoms with Crippen molar-refractivity contribution in [2.75, 3.05) is 26.8 Å². The highest BCUT2D eigenvalue weighted by molar-refractivity contribution is 7.71. The number of ether oxygens (including phenoxy) is 2. The number of H-pyrrole nitrogens is 1. The summed E-state index contributed by atoms with van der Waals surface area (Å²) in [5.74, 6) is 0.824. The molecular weight excluding hydrogens is 262 g/mol. The summed E-state index contributed by atoms with van der Waals surface area (Å²) in [4.78, 5) is 10.2. The lowest BCUT2D eigenvalue weighted by atomic mass is 10.2. The molecule has 0 aromatic carbocycles. The first kappa shape index (κ1) is 13.2. The van der Waals surface area contributed by atoms with Crippen LogP contribution < -0.4 is 0 Å². The first-order valence-corrected chi connectivity index (χ1v) is 7.12. The minimum absolute atomic E-state index is 0.00661. The second kappa shape index (κ2) is 5.66. The summed E-state index contributed by atoms with van der Waals surface area (Å²) in [6.07, 6.45) is 2.51. The van der Waals surface area contributed by atoms with E-state index in [1.54, 1.807) is 7.11 Å². The van der Waals surface area contributed by atoms with E-state index in [9.17, 15) is 0 Å². The highest BCUT2D eigenvalue weighted by atomic mass is 32.1. The summed E-state index contributed by atoms with van der Waals surface area (Å²) in [6.45, 7) is 3.38. The van der Waals surface area contributed by atoms with Crippen LogP contribution in [0.15, 0.2) is 6.07 Å². The molecule has 0 saturated carbocycles. The molecule has 5 nitrogen and oxygen atoms in total. The molecule has 1 N–H and O–H groups in total. The summed E-state index contributed by atoms with van der Waals surface area (Å²) >= 11 is 5.21. The second-order valence-electron chi connectivity index (χ2n) is 5.18. The molecule has 0 amide bonds. The van der Waals surface area contributed by atoms with E-state index in [1.807, 2.05) is 6.07 Å². The molecule has 0 bridgehead atoms. The van der Waals surface area contributed by atoms with Gasteiger partial charge in [-0.2, -0.15) is 0 Å². The highest BCUT2D eigenvalue weighted by Crippen LogP contribution is 2.28. The number of aromatic nitrogens is 2. The molecule has 0 aliphatic carbocycles. The molecule has 6 heteroatoms. The van der Waals surface area contributed by atoms with Gasteiger partial charge in [0.25, 0.3) is 0 Å². The summed E-state index contributed by atoms with van der Waals surface area (Å²) in [5, 5.41) is 0. The van der Waals surface area contributed by atoms with E-state index in [0.717, 1.165) is 24.7 Å². The predicted octanol–water partition coefficient (Wildman–Crippen LogP) is 1.82. The van der Waals surface area contributed by atoms with Crippen LogP contribution in [0.4, 0.5) is 0 Å². The molecule has 104 valence electrons. The fourth-order valence-electron chi connectivity index (χ4n) is 2.90. The number of rotatable bonds is 3. The van der Waals surface area contributed by atoms with E-state index in [1.165, 1.54) is 19.4 Å². The quantitative estimate of drug-likeness (QED) is 0.857. The van der Waals surface area contributed by atoms with Gasteiger partial charge in [0.15, 0.2) is 0 Å². The Kier molecular flexibility index (Phi) is 3.93. The van der Waals surface area contributed by atoms with E-state index < -0.39 is 0 Å². The van der Waals surface area contributed by atoms with Crippen molar-refractivity contribution in [1.29, 1.82) is 0 Å². The number of nitrogens with zero attached hydrogens (tertiary/aromatic N) is 2. The van der Waals surface area contributed by atoms with Crippen molar-refractivity contribution in [3.05, 3.63) is 22.2 Å². The molecule has 2 saturated heterocycles. The molecule has 2 atom stereocenters. The lowest BCUT2D eigenvalue weighted by Crippen LogP contribution is -2.42. The normalized spacial score (nSPS) is 27.4. The summed E-state index contributed by atoms with van der Waals surface area (Å²) in [6, 6.07) is 2.44. The number of nitrogens with one attached hydrogen (secondary N) is 1. The largest absolute Gasteiger partial charge is 0.378 e. The number of hydrogen-bond acceptors (Lipinski definition) is 5. The van der Waals surface area contributed by atoms with E-state index in [-0.39, 0.29) is 6.10 Å². The maximum Gasteiger partial charge on any atom is 0.138 e. The Balaban J connectivity index is 1.79. The van der Waals surface area contributed by atoms with Gasteiger partial charge in [0, 0.05) is 25.4 Å². The monoisotopic (exact) mass is 281 g/mol. The van der Waals surface area contributed by atoms with Crippen LogP contribution >= 0.6 is 12.2 Å². The number of fused-ring (bicyclic) bond motifs is 1. The van der Waals surface area contributed by atoms with Crippen molar-refractivity contribution in [3.8, 4) is 0 Å². The second-order valence-corrected chi connectivity index (χ2v) is 5.59. The molecule has 2 aliphatic heterocycles. The van der Waals surface area contributed by atoms with E-state index in [2.05, 4.69) is 14.9 Å². The number of methoxy groups -OCH3 is 1. The van der Waals surface area contributed by atoms with Crippen LogP contribution in [-0.2, 0) is 16.1 Å². The Morgan fingerprint density at radius 2 is 2.53 bits per heavy atom. The molecule has 3 heterocycles. The predicted molar refractivity (Wildman–Crippen MR) is 73.4 cm³/mol. The summed E-state index contributed by atoms with van der Waals surface area (Å²) in [5.41, 5.74) is 0.949. The van der Waals surface area contributed by atoms with E-state index in [4.69, 9.17) is 21.7 Å². The molecule has 19 heavy (non-hydrogen) atoms. The van der Waals surface area contributed by atoms with E-state index >= 15 is 0 Å². The molecule has 1 aromatic heterocycles. The lowest BCUT2D eigenvalue weighted by Gasteiger charge is -2.34. The van der Waals surface area contributed by atoms with Crippen LogP contribution in [0.25, 0.3) is 0 Å². The topological polar surface area (TPSA) is 50.4 Å². The van der Waals surface area contributed by atoms with Crippen LogP contribution in [0.2, 0.25) is 0 Å². The van der Waals surface area contributed by atoms with Gasteiger partial charge in [-0.05, 0) is 25.5 Å². The van der Waals surface area contributed by atoms with Crippen molar-refractivity contribution in [2.24, 2.45) is 0 Å². The Morgan fingerprint density at radius 3 is 3.37 bits per heavy atom. The summed E-state index contributed by atoms with van der Waals surface area (Å²) in [7, 11) is 1.67. The van der Waals surface area contributed by atoms with Crippen molar-refractivity contribution >= 4 is 12.2 Å². The van der Waals surface area contributed by atoms with Crippen molar-refractivity contribution < 1.29 is 9.47 Å². The number of hydrogen-bond donors (Lipinski definition) is 1. The minimum atomic E-state index is -0.00661. The zero-order valence-corrected chi connectivity index (χ0v) is 11.9. The number of aromatic amines is 1. The average molecular weight is 281 g/mol. The third-order valence-electron chi connectivity index (χ3n) is 3.81. The smallest absolute Gasteiger partial charge is 0.138 e. The van der Waals surface area contributed by atoms with Gasteiger partial charge in [-0.15, -0.1) is 0 Å². The first-order valence-electron chi connectivity index (χ1n) is 6.71. The SMILES string of the molecule is COCc1cc(=S)nc(C2CN3CCCC3CO2)[nH]1. The van der Waals surface area contributed by atoms with Crippen LogP contribution in [-0.4, -0.2) is 47.7 Å². The fraction of sp³-hybridized carbons (Fsp3) is 0.692. The van der Waals surface area contributed by atoms with Gasteiger partial charge in [-0.1, -0.05) is 12.2 Å². The van der Waals surface area contributed by atoms with Crippen LogP contribution in [0, 0.1) is 4.64 Å². The van der Waals surface area contributed by atoms with Gasteiger partial charge in [-0.25, -0.2) is 4.98 Å². The standard InChI is InChI=1S/C13H19N3O2S/c1-17-7-9-5-12(19)15-13(14-9)11-6-16-4-2-3-10(16)8-18-11/h5,10-11H,2-4,6-8H2,1H3,(H,14,15,19). The lowest BCUT2D eigenvalue weighted by molar-refractivity contribution is -0.0543. The molecular formula is C13H19N3O2S. The minimum Gasteiger partial charge on any atom is -0.378 e. The highest BCUT2D eigenvalue weighted by Gasteiger charge is 2.33. The van der Waals surface area contributed by atoms with Crippen molar-refractivity contribution in [2.45, 2.75) is 31.6 Å². The molecule has 2 fully saturated rings. The number of morpholine rings is 1. The Morgan fingerprint density at radius 1 is 1.63 bits per heavy atom. The maximum absolute atomic E-state index is 5.94. The molecule has 0 radical (unpaired) electrons. The first-order chi connectivity index (χ1) is 9.26. The molecule has 0 spiro atoms. The van der Waals surface area contributed by atoms with Gasteiger partial charge in [-0.3, -0.25) is 4.90 Å². The van der Waals surface area contributed by atoms with Crippen LogP contribution in [0.5, 0.6) is 0 Å². The van der Waals surface area contributed by atoms with E-state index in [0.29, 0.717) is 17.3 Å². The molecule has 2 aliphatic rings. The zero-order chi connectivity index (χ0) is 13.2.